The van der Waals surface area contributed by atoms with Crippen LogP contribution in [-0.4, -0.2) is 41.5 Å². The minimum atomic E-state index is -0.531. The first-order valence-electron chi connectivity index (χ1n) is 9.39. The Morgan fingerprint density at radius 3 is 2.60 bits per heavy atom. The number of amides is 1. The van der Waals surface area contributed by atoms with Crippen LogP contribution in [0, 0.1) is 0 Å². The van der Waals surface area contributed by atoms with E-state index in [4.69, 9.17) is 19.9 Å². The van der Waals surface area contributed by atoms with E-state index in [0.717, 1.165) is 0 Å². The number of benzene rings is 2. The van der Waals surface area contributed by atoms with Crippen LogP contribution in [0.25, 0.3) is 5.69 Å². The SMILES string of the molecule is CCOC(=O)c1cnn(-c2ccc(C(=O)Nc3ccc4c(c3)OCCO4)cc2)c1N. The number of carbonyl (C=O) groups excluding carboxylic acids is 2. The van der Waals surface area contributed by atoms with Crippen molar-refractivity contribution >= 4 is 23.4 Å². The maximum Gasteiger partial charge on any atom is 0.343 e. The largest absolute Gasteiger partial charge is 0.486 e. The third-order valence-electron chi connectivity index (χ3n) is 4.48. The molecular weight excluding hydrogens is 388 g/mol. The van der Waals surface area contributed by atoms with E-state index in [9.17, 15) is 9.59 Å². The molecule has 0 fully saturated rings. The molecule has 0 atom stereocenters. The Bertz CT molecular complexity index is 1090. The van der Waals surface area contributed by atoms with Gasteiger partial charge in [0.05, 0.1) is 18.5 Å². The molecule has 154 valence electrons. The van der Waals surface area contributed by atoms with Gasteiger partial charge < -0.3 is 25.3 Å². The molecule has 0 spiro atoms. The van der Waals surface area contributed by atoms with Crippen LogP contribution in [-0.2, 0) is 4.74 Å². The predicted octanol–water partition coefficient (Wildman–Crippen LogP) is 2.65. The van der Waals surface area contributed by atoms with Gasteiger partial charge >= 0.3 is 5.97 Å². The molecule has 0 saturated heterocycles. The van der Waals surface area contributed by atoms with Crippen molar-refractivity contribution in [1.82, 2.24) is 9.78 Å². The number of hydrogen-bond donors (Lipinski definition) is 2. The van der Waals surface area contributed by atoms with Gasteiger partial charge in [0.25, 0.3) is 5.91 Å². The highest BCUT2D eigenvalue weighted by atomic mass is 16.6. The zero-order valence-corrected chi connectivity index (χ0v) is 16.3. The van der Waals surface area contributed by atoms with Crippen molar-refractivity contribution < 1.29 is 23.8 Å². The van der Waals surface area contributed by atoms with Gasteiger partial charge in [-0.15, -0.1) is 0 Å². The highest BCUT2D eigenvalue weighted by Gasteiger charge is 2.18. The lowest BCUT2D eigenvalue weighted by Crippen LogP contribution is -2.16. The Balaban J connectivity index is 1.48. The van der Waals surface area contributed by atoms with Crippen LogP contribution >= 0.6 is 0 Å². The number of nitrogens with two attached hydrogens (primary N) is 1. The summed E-state index contributed by atoms with van der Waals surface area (Å²) in [6.45, 7) is 2.94. The number of aromatic nitrogens is 2. The smallest absolute Gasteiger partial charge is 0.343 e. The van der Waals surface area contributed by atoms with Crippen LogP contribution in [0.5, 0.6) is 11.5 Å². The van der Waals surface area contributed by atoms with E-state index >= 15 is 0 Å². The van der Waals surface area contributed by atoms with Gasteiger partial charge in [-0.25, -0.2) is 9.48 Å². The predicted molar refractivity (Wildman–Crippen MR) is 109 cm³/mol. The molecule has 2 aromatic carbocycles. The van der Waals surface area contributed by atoms with Crippen LogP contribution in [0.15, 0.2) is 48.7 Å². The number of hydrogen-bond acceptors (Lipinski definition) is 7. The average Bonchev–Trinajstić information content (AvgIpc) is 3.15. The van der Waals surface area contributed by atoms with Crippen molar-refractivity contribution in [2.75, 3.05) is 30.9 Å². The quantitative estimate of drug-likeness (QED) is 0.623. The summed E-state index contributed by atoms with van der Waals surface area (Å²) in [5, 5.41) is 6.97. The number of nitrogens with one attached hydrogen (secondary N) is 1. The van der Waals surface area contributed by atoms with Gasteiger partial charge in [-0.05, 0) is 43.3 Å². The van der Waals surface area contributed by atoms with E-state index in [1.165, 1.54) is 10.9 Å². The summed E-state index contributed by atoms with van der Waals surface area (Å²) in [4.78, 5) is 24.5. The summed E-state index contributed by atoms with van der Waals surface area (Å²) in [6, 6.07) is 11.9. The highest BCUT2D eigenvalue weighted by Crippen LogP contribution is 2.32. The number of ether oxygens (including phenoxy) is 3. The fourth-order valence-electron chi connectivity index (χ4n) is 3.01. The second-order valence-electron chi connectivity index (χ2n) is 6.44. The Labute approximate surface area is 172 Å². The second-order valence-corrected chi connectivity index (χ2v) is 6.44. The fraction of sp³-hybridized carbons (Fsp3) is 0.190. The van der Waals surface area contributed by atoms with E-state index in [0.29, 0.717) is 41.7 Å². The van der Waals surface area contributed by atoms with E-state index in [2.05, 4.69) is 10.4 Å². The zero-order chi connectivity index (χ0) is 21.1. The summed E-state index contributed by atoms with van der Waals surface area (Å²) in [5.41, 5.74) is 7.87. The molecular formula is C21H20N4O5. The molecule has 2 heterocycles. The normalized spacial score (nSPS) is 12.3. The van der Waals surface area contributed by atoms with Crippen molar-refractivity contribution in [3.63, 3.8) is 0 Å². The average molecular weight is 408 g/mol. The van der Waals surface area contributed by atoms with Gasteiger partial charge in [0.15, 0.2) is 11.5 Å². The Morgan fingerprint density at radius 1 is 1.13 bits per heavy atom. The monoisotopic (exact) mass is 408 g/mol. The van der Waals surface area contributed by atoms with Crippen LogP contribution in [0.3, 0.4) is 0 Å². The van der Waals surface area contributed by atoms with Crippen LogP contribution in [0.4, 0.5) is 11.5 Å². The molecule has 0 radical (unpaired) electrons. The Hall–Kier alpha value is -4.01. The molecule has 0 saturated carbocycles. The lowest BCUT2D eigenvalue weighted by molar-refractivity contribution is 0.0527. The van der Waals surface area contributed by atoms with Crippen molar-refractivity contribution in [1.29, 1.82) is 0 Å². The van der Waals surface area contributed by atoms with Gasteiger partial charge in [-0.3, -0.25) is 4.79 Å². The number of nitrogen functional groups attached to an aromatic ring is 1. The maximum absolute atomic E-state index is 12.6. The van der Waals surface area contributed by atoms with Gasteiger partial charge in [0.1, 0.15) is 24.6 Å². The van der Waals surface area contributed by atoms with E-state index in [1.54, 1.807) is 49.4 Å². The van der Waals surface area contributed by atoms with Crippen molar-refractivity contribution in [2.45, 2.75) is 6.92 Å². The number of nitrogens with zero attached hydrogens (tertiary/aromatic N) is 2. The third-order valence-corrected chi connectivity index (χ3v) is 4.48. The summed E-state index contributed by atoms with van der Waals surface area (Å²) < 4.78 is 17.4. The summed E-state index contributed by atoms with van der Waals surface area (Å²) >= 11 is 0. The molecule has 1 aromatic heterocycles. The lowest BCUT2D eigenvalue weighted by atomic mass is 10.2. The molecule has 1 amide bonds. The molecule has 30 heavy (non-hydrogen) atoms. The molecule has 4 rings (SSSR count). The number of fused-ring (bicyclic) bond motifs is 1. The first-order valence-corrected chi connectivity index (χ1v) is 9.39. The van der Waals surface area contributed by atoms with Gasteiger partial charge in [-0.2, -0.15) is 5.10 Å². The molecule has 9 nitrogen and oxygen atoms in total. The maximum atomic E-state index is 12.6. The van der Waals surface area contributed by atoms with Crippen molar-refractivity contribution in [3.8, 4) is 17.2 Å². The number of carbonyl (C=O) groups is 2. The molecule has 1 aliphatic rings. The Morgan fingerprint density at radius 2 is 1.87 bits per heavy atom. The highest BCUT2D eigenvalue weighted by molar-refractivity contribution is 6.04. The molecule has 0 bridgehead atoms. The minimum Gasteiger partial charge on any atom is -0.486 e. The Kier molecular flexibility index (Phi) is 5.25. The lowest BCUT2D eigenvalue weighted by Gasteiger charge is -2.19. The van der Waals surface area contributed by atoms with E-state index < -0.39 is 5.97 Å². The van der Waals surface area contributed by atoms with E-state index in [1.807, 2.05) is 0 Å². The topological polar surface area (TPSA) is 118 Å². The standard InChI is InChI=1S/C21H20N4O5/c1-2-28-21(27)16-12-23-25(19(16)22)15-6-3-13(4-7-15)20(26)24-14-5-8-17-18(11-14)30-10-9-29-17/h3-8,11-12H,2,9-10,22H2,1H3,(H,24,26). The number of anilines is 2. The molecule has 3 aromatic rings. The summed E-state index contributed by atoms with van der Waals surface area (Å²) in [6.07, 6.45) is 1.36. The number of esters is 1. The van der Waals surface area contributed by atoms with Crippen molar-refractivity contribution in [3.05, 3.63) is 59.8 Å². The summed E-state index contributed by atoms with van der Waals surface area (Å²) in [7, 11) is 0. The minimum absolute atomic E-state index is 0.168. The van der Waals surface area contributed by atoms with Gasteiger partial charge in [0, 0.05) is 17.3 Å². The van der Waals surface area contributed by atoms with E-state index in [-0.39, 0.29) is 23.9 Å². The van der Waals surface area contributed by atoms with Gasteiger partial charge in [0.2, 0.25) is 0 Å². The molecule has 9 heteroatoms. The van der Waals surface area contributed by atoms with Crippen LogP contribution in [0.2, 0.25) is 0 Å². The molecule has 0 unspecified atom stereocenters. The van der Waals surface area contributed by atoms with Crippen LogP contribution < -0.4 is 20.5 Å². The fourth-order valence-corrected chi connectivity index (χ4v) is 3.01. The summed E-state index contributed by atoms with van der Waals surface area (Å²) in [5.74, 6) is 0.612. The van der Waals surface area contributed by atoms with Gasteiger partial charge in [-0.1, -0.05) is 0 Å². The molecule has 1 aliphatic heterocycles. The van der Waals surface area contributed by atoms with Crippen LogP contribution in [0.1, 0.15) is 27.6 Å². The zero-order valence-electron chi connectivity index (χ0n) is 16.3. The second kappa shape index (κ2) is 8.16. The first-order chi connectivity index (χ1) is 14.6. The number of rotatable bonds is 5. The molecule has 3 N–H and O–H groups in total. The van der Waals surface area contributed by atoms with Crippen molar-refractivity contribution in [2.24, 2.45) is 0 Å². The first kappa shape index (κ1) is 19.3. The third kappa shape index (κ3) is 3.77. The molecule has 0 aliphatic carbocycles.